The Balaban J connectivity index is 2.24. The molecule has 0 heterocycles. The van der Waals surface area contributed by atoms with Gasteiger partial charge in [-0.1, -0.05) is 45.2 Å². The number of hydrogen-bond donors (Lipinski definition) is 1. The third kappa shape index (κ3) is 2.37. The van der Waals surface area contributed by atoms with Crippen LogP contribution in [0.25, 0.3) is 0 Å². The molecular formula is C18H23N. The van der Waals surface area contributed by atoms with Crippen LogP contribution in [-0.2, 0) is 0 Å². The molecule has 1 nitrogen and oxygen atoms in total. The van der Waals surface area contributed by atoms with Gasteiger partial charge in [0, 0.05) is 11.4 Å². The SMILES string of the molecule is C=CC1=C(C)C(NC2=C(CCC)C(=C)C2=C)=CCC1. The molecule has 0 amide bonds. The Hall–Kier alpha value is -1.76. The third-order valence-corrected chi connectivity index (χ3v) is 3.99. The van der Waals surface area contributed by atoms with Crippen LogP contribution in [0.15, 0.2) is 71.1 Å². The Kier molecular flexibility index (Phi) is 3.94. The zero-order valence-corrected chi connectivity index (χ0v) is 12.1. The van der Waals surface area contributed by atoms with Crippen molar-refractivity contribution in [2.75, 3.05) is 0 Å². The van der Waals surface area contributed by atoms with Crippen molar-refractivity contribution in [2.24, 2.45) is 0 Å². The first-order valence-corrected chi connectivity index (χ1v) is 7.02. The average Bonchev–Trinajstić information content (AvgIpc) is 2.43. The van der Waals surface area contributed by atoms with Crippen molar-refractivity contribution >= 4 is 0 Å². The van der Waals surface area contributed by atoms with E-state index < -0.39 is 0 Å². The number of allylic oxidation sites excluding steroid dienone is 6. The van der Waals surface area contributed by atoms with Crippen LogP contribution in [0.3, 0.4) is 0 Å². The Labute approximate surface area is 116 Å². The molecule has 0 bridgehead atoms. The molecule has 19 heavy (non-hydrogen) atoms. The van der Waals surface area contributed by atoms with Crippen LogP contribution >= 0.6 is 0 Å². The Morgan fingerprint density at radius 3 is 2.68 bits per heavy atom. The summed E-state index contributed by atoms with van der Waals surface area (Å²) in [6.07, 6.45) is 8.62. The molecule has 0 aromatic carbocycles. The van der Waals surface area contributed by atoms with Gasteiger partial charge in [-0.25, -0.2) is 0 Å². The summed E-state index contributed by atoms with van der Waals surface area (Å²) in [5, 5.41) is 3.56. The van der Waals surface area contributed by atoms with Gasteiger partial charge in [0.1, 0.15) is 0 Å². The highest BCUT2D eigenvalue weighted by molar-refractivity contribution is 5.68. The van der Waals surface area contributed by atoms with E-state index in [0.717, 1.165) is 36.8 Å². The highest BCUT2D eigenvalue weighted by Gasteiger charge is 2.26. The molecule has 1 N–H and O–H groups in total. The van der Waals surface area contributed by atoms with Gasteiger partial charge < -0.3 is 5.32 Å². The fraction of sp³-hybridized carbons (Fsp3) is 0.333. The lowest BCUT2D eigenvalue weighted by Gasteiger charge is -2.32. The summed E-state index contributed by atoms with van der Waals surface area (Å²) in [5.41, 5.74) is 8.55. The molecule has 0 saturated heterocycles. The van der Waals surface area contributed by atoms with E-state index in [4.69, 9.17) is 0 Å². The summed E-state index contributed by atoms with van der Waals surface area (Å²) < 4.78 is 0. The minimum Gasteiger partial charge on any atom is -0.355 e. The molecule has 0 saturated carbocycles. The molecule has 0 aromatic heterocycles. The Bertz CT molecular complexity index is 538. The van der Waals surface area contributed by atoms with Crippen molar-refractivity contribution in [3.8, 4) is 0 Å². The second kappa shape index (κ2) is 5.48. The average molecular weight is 253 g/mol. The lowest BCUT2D eigenvalue weighted by molar-refractivity contribution is 0.819. The summed E-state index contributed by atoms with van der Waals surface area (Å²) in [4.78, 5) is 0. The fourth-order valence-electron chi connectivity index (χ4n) is 2.70. The van der Waals surface area contributed by atoms with Crippen molar-refractivity contribution in [3.05, 3.63) is 71.1 Å². The highest BCUT2D eigenvalue weighted by atomic mass is 14.9. The number of nitrogens with one attached hydrogen (secondary N) is 1. The van der Waals surface area contributed by atoms with Crippen LogP contribution in [0.1, 0.15) is 39.5 Å². The summed E-state index contributed by atoms with van der Waals surface area (Å²) in [6.45, 7) is 16.4. The highest BCUT2D eigenvalue weighted by Crippen LogP contribution is 2.39. The lowest BCUT2D eigenvalue weighted by Crippen LogP contribution is -2.26. The van der Waals surface area contributed by atoms with E-state index in [9.17, 15) is 0 Å². The van der Waals surface area contributed by atoms with Crippen molar-refractivity contribution in [2.45, 2.75) is 39.5 Å². The van der Waals surface area contributed by atoms with Crippen molar-refractivity contribution in [1.29, 1.82) is 0 Å². The molecule has 0 spiro atoms. The predicted molar refractivity (Wildman–Crippen MR) is 83.6 cm³/mol. The molecule has 2 aliphatic carbocycles. The quantitative estimate of drug-likeness (QED) is 0.732. The molecule has 2 aliphatic rings. The van der Waals surface area contributed by atoms with Crippen LogP contribution in [0, 0.1) is 0 Å². The molecule has 0 radical (unpaired) electrons. The van der Waals surface area contributed by atoms with E-state index >= 15 is 0 Å². The maximum atomic E-state index is 4.10. The molecule has 0 atom stereocenters. The van der Waals surface area contributed by atoms with Gasteiger partial charge in [0.15, 0.2) is 0 Å². The second-order valence-electron chi connectivity index (χ2n) is 5.20. The normalized spacial score (nSPS) is 19.4. The maximum absolute atomic E-state index is 4.10. The molecule has 100 valence electrons. The van der Waals surface area contributed by atoms with E-state index in [-0.39, 0.29) is 0 Å². The van der Waals surface area contributed by atoms with Gasteiger partial charge in [-0.3, -0.25) is 0 Å². The largest absolute Gasteiger partial charge is 0.355 e. The molecule has 0 fully saturated rings. The van der Waals surface area contributed by atoms with Crippen molar-refractivity contribution in [1.82, 2.24) is 5.32 Å². The topological polar surface area (TPSA) is 12.0 Å². The van der Waals surface area contributed by atoms with Crippen molar-refractivity contribution < 1.29 is 0 Å². The standard InChI is InChI=1S/C18H23N/c1-6-9-16-12(3)13(4)18(16)19-17-11-8-10-15(7-2)14(17)5/h7,11,19H,2-4,6,8-10H2,1,5H3. The first kappa shape index (κ1) is 13.7. The van der Waals surface area contributed by atoms with E-state index in [0.29, 0.717) is 0 Å². The molecular weight excluding hydrogens is 230 g/mol. The van der Waals surface area contributed by atoms with E-state index in [1.807, 2.05) is 6.08 Å². The van der Waals surface area contributed by atoms with Crippen molar-refractivity contribution in [3.63, 3.8) is 0 Å². The summed E-state index contributed by atoms with van der Waals surface area (Å²) >= 11 is 0. The zero-order valence-electron chi connectivity index (χ0n) is 12.1. The van der Waals surface area contributed by atoms with Crippen LogP contribution in [0.2, 0.25) is 0 Å². The molecule has 0 aromatic rings. The summed E-state index contributed by atoms with van der Waals surface area (Å²) in [6, 6.07) is 0. The summed E-state index contributed by atoms with van der Waals surface area (Å²) in [7, 11) is 0. The molecule has 0 unspecified atom stereocenters. The number of hydrogen-bond acceptors (Lipinski definition) is 1. The van der Waals surface area contributed by atoms with Crippen LogP contribution in [0.4, 0.5) is 0 Å². The van der Waals surface area contributed by atoms with E-state index in [1.165, 1.54) is 28.1 Å². The van der Waals surface area contributed by atoms with E-state index in [2.05, 4.69) is 45.0 Å². The molecule has 2 rings (SSSR count). The summed E-state index contributed by atoms with van der Waals surface area (Å²) in [5.74, 6) is 0. The smallest absolute Gasteiger partial charge is 0.0496 e. The molecule has 1 heteroatoms. The fourth-order valence-corrected chi connectivity index (χ4v) is 2.70. The monoisotopic (exact) mass is 253 g/mol. The van der Waals surface area contributed by atoms with Gasteiger partial charge in [-0.2, -0.15) is 0 Å². The Morgan fingerprint density at radius 1 is 1.32 bits per heavy atom. The third-order valence-electron chi connectivity index (χ3n) is 3.99. The van der Waals surface area contributed by atoms with Gasteiger partial charge in [0.05, 0.1) is 0 Å². The van der Waals surface area contributed by atoms with E-state index in [1.54, 1.807) is 0 Å². The minimum absolute atomic E-state index is 1.06. The maximum Gasteiger partial charge on any atom is 0.0496 e. The molecule has 0 aliphatic heterocycles. The van der Waals surface area contributed by atoms with Gasteiger partial charge in [0.25, 0.3) is 0 Å². The van der Waals surface area contributed by atoms with Gasteiger partial charge >= 0.3 is 0 Å². The minimum atomic E-state index is 1.06. The first-order chi connectivity index (χ1) is 9.10. The first-order valence-electron chi connectivity index (χ1n) is 7.02. The van der Waals surface area contributed by atoms with Gasteiger partial charge in [0.2, 0.25) is 0 Å². The zero-order chi connectivity index (χ0) is 14.0. The van der Waals surface area contributed by atoms with Crippen LogP contribution < -0.4 is 5.32 Å². The number of rotatable bonds is 5. The lowest BCUT2D eigenvalue weighted by atomic mass is 9.81. The van der Waals surface area contributed by atoms with Crippen LogP contribution in [0.5, 0.6) is 0 Å². The second-order valence-corrected chi connectivity index (χ2v) is 5.20. The van der Waals surface area contributed by atoms with Gasteiger partial charge in [-0.15, -0.1) is 0 Å². The van der Waals surface area contributed by atoms with Crippen LogP contribution in [-0.4, -0.2) is 0 Å². The Morgan fingerprint density at radius 2 is 2.05 bits per heavy atom. The predicted octanol–water partition coefficient (Wildman–Crippen LogP) is 4.94. The van der Waals surface area contributed by atoms with Gasteiger partial charge in [-0.05, 0) is 54.1 Å².